The number of nitrogens with zero attached hydrogens (tertiary/aromatic N) is 3. The lowest BCUT2D eigenvalue weighted by Gasteiger charge is -2.34. The molecule has 1 aromatic rings. The van der Waals surface area contributed by atoms with Gasteiger partial charge in [-0.25, -0.2) is 4.99 Å². The Bertz CT molecular complexity index is 610. The van der Waals surface area contributed by atoms with Gasteiger partial charge < -0.3 is 25.0 Å². The van der Waals surface area contributed by atoms with Gasteiger partial charge in [0, 0.05) is 58.4 Å². The third-order valence-corrected chi connectivity index (χ3v) is 5.63. The molecule has 10 heteroatoms. The molecular weight excluding hydrogens is 517 g/mol. The van der Waals surface area contributed by atoms with Crippen LogP contribution in [0.2, 0.25) is 0 Å². The molecule has 0 bridgehead atoms. The lowest BCUT2D eigenvalue weighted by Crippen LogP contribution is -2.46. The zero-order valence-corrected chi connectivity index (χ0v) is 21.4. The maximum absolute atomic E-state index is 12.0. The molecule has 1 aliphatic rings. The first-order valence-electron chi connectivity index (χ1n) is 10.3. The molecule has 172 valence electrons. The van der Waals surface area contributed by atoms with Gasteiger partial charge in [-0.3, -0.25) is 9.69 Å². The number of ether oxygens (including phenoxy) is 2. The van der Waals surface area contributed by atoms with Gasteiger partial charge in [0.15, 0.2) is 5.96 Å². The van der Waals surface area contributed by atoms with E-state index in [0.29, 0.717) is 19.1 Å². The molecule has 1 aliphatic heterocycles. The largest absolute Gasteiger partial charge is 0.382 e. The molecule has 0 aromatic carbocycles. The van der Waals surface area contributed by atoms with Crippen molar-refractivity contribution in [2.45, 2.75) is 19.4 Å². The van der Waals surface area contributed by atoms with Crippen LogP contribution >= 0.6 is 35.3 Å². The second-order valence-corrected chi connectivity index (χ2v) is 7.97. The Labute approximate surface area is 201 Å². The van der Waals surface area contributed by atoms with E-state index in [1.807, 2.05) is 6.92 Å². The van der Waals surface area contributed by atoms with Gasteiger partial charge in [-0.1, -0.05) is 6.07 Å². The van der Waals surface area contributed by atoms with Crippen molar-refractivity contribution in [3.8, 4) is 0 Å². The molecule has 1 saturated heterocycles. The number of morpholine rings is 1. The highest BCUT2D eigenvalue weighted by Crippen LogP contribution is 2.25. The van der Waals surface area contributed by atoms with Crippen molar-refractivity contribution < 1.29 is 14.3 Å². The van der Waals surface area contributed by atoms with Gasteiger partial charge >= 0.3 is 0 Å². The molecule has 8 nitrogen and oxygen atoms in total. The molecule has 1 aromatic heterocycles. The van der Waals surface area contributed by atoms with E-state index in [-0.39, 0.29) is 42.5 Å². The zero-order chi connectivity index (χ0) is 20.9. The summed E-state index contributed by atoms with van der Waals surface area (Å²) in [6, 6.07) is 4.51. The maximum Gasteiger partial charge on any atom is 0.243 e. The van der Waals surface area contributed by atoms with Crippen LogP contribution in [0, 0.1) is 0 Å². The predicted molar refractivity (Wildman–Crippen MR) is 133 cm³/mol. The molecule has 1 amide bonds. The first-order chi connectivity index (χ1) is 14.1. The molecule has 0 saturated carbocycles. The maximum atomic E-state index is 12.0. The summed E-state index contributed by atoms with van der Waals surface area (Å²) in [5.74, 6) is 0.634. The van der Waals surface area contributed by atoms with Gasteiger partial charge in [-0.2, -0.15) is 0 Å². The van der Waals surface area contributed by atoms with E-state index >= 15 is 0 Å². The van der Waals surface area contributed by atoms with E-state index in [2.05, 4.69) is 38.0 Å². The van der Waals surface area contributed by atoms with Crippen LogP contribution in [0.3, 0.4) is 0 Å². The number of likely N-dealkylation sites (N-methyl/N-ethyl adjacent to an activating group) is 1. The smallest absolute Gasteiger partial charge is 0.243 e. The van der Waals surface area contributed by atoms with E-state index in [1.54, 1.807) is 30.3 Å². The predicted octanol–water partition coefficient (Wildman–Crippen LogP) is 1.79. The van der Waals surface area contributed by atoms with Gasteiger partial charge in [0.25, 0.3) is 0 Å². The Morgan fingerprint density at radius 1 is 1.37 bits per heavy atom. The number of hydrogen-bond acceptors (Lipinski definition) is 6. The Morgan fingerprint density at radius 3 is 2.77 bits per heavy atom. The molecular formula is C20H36IN5O3S. The van der Waals surface area contributed by atoms with Crippen molar-refractivity contribution in [2.24, 2.45) is 4.99 Å². The summed E-state index contributed by atoms with van der Waals surface area (Å²) in [7, 11) is 3.48. The lowest BCUT2D eigenvalue weighted by molar-refractivity contribution is -0.127. The van der Waals surface area contributed by atoms with Gasteiger partial charge in [-0.15, -0.1) is 35.3 Å². The molecule has 2 rings (SSSR count). The minimum absolute atomic E-state index is 0. The van der Waals surface area contributed by atoms with Crippen LogP contribution in [0.1, 0.15) is 24.3 Å². The van der Waals surface area contributed by atoms with Crippen LogP contribution in [0.4, 0.5) is 0 Å². The summed E-state index contributed by atoms with van der Waals surface area (Å²) < 4.78 is 10.9. The summed E-state index contributed by atoms with van der Waals surface area (Å²) in [6.45, 7) is 8.34. The number of aliphatic imine (C=N–C) groups is 1. The molecule has 1 fully saturated rings. The average Bonchev–Trinajstić information content (AvgIpc) is 3.26. The Hall–Kier alpha value is -0.950. The van der Waals surface area contributed by atoms with E-state index in [1.165, 1.54) is 4.88 Å². The summed E-state index contributed by atoms with van der Waals surface area (Å²) in [6.07, 6.45) is 0.883. The summed E-state index contributed by atoms with van der Waals surface area (Å²) in [5.41, 5.74) is 0. The Kier molecular flexibility index (Phi) is 14.3. The molecule has 1 unspecified atom stereocenters. The average molecular weight is 554 g/mol. The fraction of sp³-hybridized carbons (Fsp3) is 0.700. The number of carbonyl (C=O) groups excluding carboxylic acids is 1. The SMILES string of the molecule is CCOCCCNC(=NCC(=O)N(C)C)NCC(c1cccs1)N1CCOCC1.I. The molecule has 0 spiro atoms. The molecule has 0 aliphatic carbocycles. The van der Waals surface area contributed by atoms with Crippen LogP contribution in [-0.2, 0) is 14.3 Å². The van der Waals surface area contributed by atoms with Gasteiger partial charge in [0.1, 0.15) is 6.54 Å². The second-order valence-electron chi connectivity index (χ2n) is 6.99. The number of thiophene rings is 1. The molecule has 2 N–H and O–H groups in total. The summed E-state index contributed by atoms with van der Waals surface area (Å²) in [4.78, 5) is 21.8. The monoisotopic (exact) mass is 553 g/mol. The van der Waals surface area contributed by atoms with Crippen molar-refractivity contribution in [3.05, 3.63) is 22.4 Å². The lowest BCUT2D eigenvalue weighted by atomic mass is 10.2. The minimum atomic E-state index is -0.0246. The molecule has 0 radical (unpaired) electrons. The number of halogens is 1. The standard InChI is InChI=1S/C20H35N5O3S.HI/c1-4-27-11-6-8-21-20(23-16-19(26)24(2)3)22-15-17(18-7-5-14-29-18)25-9-12-28-13-10-25;/h5,7,14,17H,4,6,8-13,15-16H2,1-3H3,(H2,21,22,23);1H. The molecule has 30 heavy (non-hydrogen) atoms. The summed E-state index contributed by atoms with van der Waals surface area (Å²) in [5, 5.41) is 8.88. The number of guanidine groups is 1. The highest BCUT2D eigenvalue weighted by atomic mass is 127. The van der Waals surface area contributed by atoms with Crippen LogP contribution in [0.15, 0.2) is 22.5 Å². The van der Waals surface area contributed by atoms with Crippen molar-refractivity contribution in [1.29, 1.82) is 0 Å². The third-order valence-electron chi connectivity index (χ3n) is 4.65. The fourth-order valence-corrected chi connectivity index (χ4v) is 3.82. The second kappa shape index (κ2) is 15.8. The number of nitrogens with one attached hydrogen (secondary N) is 2. The van der Waals surface area contributed by atoms with Crippen molar-refractivity contribution in [3.63, 3.8) is 0 Å². The van der Waals surface area contributed by atoms with E-state index in [0.717, 1.165) is 45.9 Å². The van der Waals surface area contributed by atoms with Crippen molar-refractivity contribution in [2.75, 3.05) is 73.2 Å². The van der Waals surface area contributed by atoms with Crippen LogP contribution in [-0.4, -0.2) is 94.9 Å². The fourth-order valence-electron chi connectivity index (χ4n) is 2.96. The third kappa shape index (κ3) is 9.90. The minimum Gasteiger partial charge on any atom is -0.382 e. The van der Waals surface area contributed by atoms with Gasteiger partial charge in [0.2, 0.25) is 5.91 Å². The van der Waals surface area contributed by atoms with Crippen molar-refractivity contribution >= 4 is 47.2 Å². The van der Waals surface area contributed by atoms with Crippen LogP contribution in [0.5, 0.6) is 0 Å². The highest BCUT2D eigenvalue weighted by molar-refractivity contribution is 14.0. The van der Waals surface area contributed by atoms with Crippen molar-refractivity contribution in [1.82, 2.24) is 20.4 Å². The Morgan fingerprint density at radius 2 is 2.13 bits per heavy atom. The van der Waals surface area contributed by atoms with E-state index in [9.17, 15) is 4.79 Å². The van der Waals surface area contributed by atoms with Gasteiger partial charge in [-0.05, 0) is 24.8 Å². The normalized spacial score (nSPS) is 15.9. The van der Waals surface area contributed by atoms with Gasteiger partial charge in [0.05, 0.1) is 19.3 Å². The first kappa shape index (κ1) is 27.1. The first-order valence-corrected chi connectivity index (χ1v) is 11.1. The number of carbonyl (C=O) groups is 1. The van der Waals surface area contributed by atoms with Crippen LogP contribution < -0.4 is 10.6 Å². The topological polar surface area (TPSA) is 78.4 Å². The van der Waals surface area contributed by atoms with E-state index < -0.39 is 0 Å². The van der Waals surface area contributed by atoms with E-state index in [4.69, 9.17) is 9.47 Å². The summed E-state index contributed by atoms with van der Waals surface area (Å²) >= 11 is 1.77. The highest BCUT2D eigenvalue weighted by Gasteiger charge is 2.23. The van der Waals surface area contributed by atoms with Crippen LogP contribution in [0.25, 0.3) is 0 Å². The number of rotatable bonds is 11. The Balaban J connectivity index is 0.00000450. The molecule has 1 atom stereocenters. The quantitative estimate of drug-likeness (QED) is 0.188. The number of amides is 1. The number of hydrogen-bond donors (Lipinski definition) is 2. The molecule has 2 heterocycles. The zero-order valence-electron chi connectivity index (χ0n) is 18.3.